The Hall–Kier alpha value is -2.37. The summed E-state index contributed by atoms with van der Waals surface area (Å²) in [7, 11) is 1.61. The average molecular weight is 264 g/mol. The van der Waals surface area contributed by atoms with E-state index in [0.717, 1.165) is 0 Å². The summed E-state index contributed by atoms with van der Waals surface area (Å²) >= 11 is 0. The van der Waals surface area contributed by atoms with E-state index in [1.165, 1.54) is 23.0 Å². The maximum atomic E-state index is 13.8. The summed E-state index contributed by atoms with van der Waals surface area (Å²) in [6.07, 6.45) is 1.24. The van der Waals surface area contributed by atoms with Gasteiger partial charge in [0.05, 0.1) is 18.5 Å². The predicted octanol–water partition coefficient (Wildman–Crippen LogP) is 2.32. The topological polar surface area (TPSA) is 64.3 Å². The van der Waals surface area contributed by atoms with Crippen LogP contribution in [0.2, 0.25) is 0 Å². The molecule has 1 aromatic carbocycles. The molecule has 0 amide bonds. The highest BCUT2D eigenvalue weighted by Gasteiger charge is 2.18. The number of aryl methyl sites for hydroxylation is 1. The van der Waals surface area contributed by atoms with Crippen molar-refractivity contribution in [2.45, 2.75) is 6.92 Å². The SMILES string of the molecule is CCOc1ccc(-c2c(C(=O)O)cnn2C)cc1F. The molecule has 1 aromatic heterocycles. The van der Waals surface area contributed by atoms with E-state index in [1.807, 2.05) is 0 Å². The van der Waals surface area contributed by atoms with Crippen LogP contribution in [-0.2, 0) is 7.05 Å². The molecule has 0 fully saturated rings. The van der Waals surface area contributed by atoms with Gasteiger partial charge in [-0.3, -0.25) is 4.68 Å². The highest BCUT2D eigenvalue weighted by Crippen LogP contribution is 2.27. The van der Waals surface area contributed by atoms with Crippen molar-refractivity contribution in [2.24, 2.45) is 7.05 Å². The van der Waals surface area contributed by atoms with Gasteiger partial charge in [-0.05, 0) is 25.1 Å². The van der Waals surface area contributed by atoms with Crippen molar-refractivity contribution in [2.75, 3.05) is 6.61 Å². The molecular weight excluding hydrogens is 251 g/mol. The Bertz CT molecular complexity index is 622. The van der Waals surface area contributed by atoms with E-state index in [1.54, 1.807) is 20.0 Å². The van der Waals surface area contributed by atoms with Crippen molar-refractivity contribution in [1.82, 2.24) is 9.78 Å². The Balaban J connectivity index is 2.51. The van der Waals surface area contributed by atoms with Gasteiger partial charge in [0.15, 0.2) is 11.6 Å². The van der Waals surface area contributed by atoms with Gasteiger partial charge in [0, 0.05) is 12.6 Å². The number of hydrogen-bond donors (Lipinski definition) is 1. The van der Waals surface area contributed by atoms with Crippen LogP contribution in [0.1, 0.15) is 17.3 Å². The lowest BCUT2D eigenvalue weighted by molar-refractivity contribution is 0.0697. The number of ether oxygens (including phenoxy) is 1. The molecule has 0 spiro atoms. The molecule has 0 saturated heterocycles. The lowest BCUT2D eigenvalue weighted by atomic mass is 10.1. The molecule has 2 aromatic rings. The normalized spacial score (nSPS) is 10.5. The van der Waals surface area contributed by atoms with Gasteiger partial charge in [0.1, 0.15) is 5.56 Å². The second-order valence-corrected chi connectivity index (χ2v) is 3.91. The van der Waals surface area contributed by atoms with E-state index in [2.05, 4.69) is 5.10 Å². The van der Waals surface area contributed by atoms with Gasteiger partial charge in [-0.2, -0.15) is 5.10 Å². The number of carboxylic acids is 1. The minimum Gasteiger partial charge on any atom is -0.491 e. The minimum atomic E-state index is -1.10. The third-order valence-electron chi connectivity index (χ3n) is 2.67. The van der Waals surface area contributed by atoms with Crippen LogP contribution in [0.4, 0.5) is 4.39 Å². The molecule has 6 heteroatoms. The van der Waals surface area contributed by atoms with Gasteiger partial charge >= 0.3 is 5.97 Å². The first-order chi connectivity index (χ1) is 9.04. The van der Waals surface area contributed by atoms with Crippen LogP contribution >= 0.6 is 0 Å². The first kappa shape index (κ1) is 13.1. The molecule has 0 bridgehead atoms. The largest absolute Gasteiger partial charge is 0.491 e. The summed E-state index contributed by atoms with van der Waals surface area (Å²) in [5.74, 6) is -1.49. The van der Waals surface area contributed by atoms with E-state index < -0.39 is 11.8 Å². The van der Waals surface area contributed by atoms with Crippen molar-refractivity contribution >= 4 is 5.97 Å². The number of hydrogen-bond acceptors (Lipinski definition) is 3. The van der Waals surface area contributed by atoms with Crippen molar-refractivity contribution in [3.63, 3.8) is 0 Å². The number of carboxylic acid groups (broad SMARTS) is 1. The van der Waals surface area contributed by atoms with E-state index in [-0.39, 0.29) is 11.3 Å². The summed E-state index contributed by atoms with van der Waals surface area (Å²) in [4.78, 5) is 11.1. The molecule has 0 atom stereocenters. The monoisotopic (exact) mass is 264 g/mol. The minimum absolute atomic E-state index is 0.0334. The summed E-state index contributed by atoms with van der Waals surface area (Å²) in [6.45, 7) is 2.12. The Morgan fingerprint density at radius 2 is 2.26 bits per heavy atom. The Kier molecular flexibility index (Phi) is 3.50. The third kappa shape index (κ3) is 2.42. The number of carbonyl (C=O) groups is 1. The fourth-order valence-electron chi connectivity index (χ4n) is 1.86. The standard InChI is InChI=1S/C13H13FN2O3/c1-3-19-11-5-4-8(6-10(11)14)12-9(13(17)18)7-15-16(12)2/h4-7H,3H2,1-2H3,(H,17,18). The molecule has 0 aliphatic rings. The van der Waals surface area contributed by atoms with Crippen LogP contribution in [0, 0.1) is 5.82 Å². The highest BCUT2D eigenvalue weighted by atomic mass is 19.1. The predicted molar refractivity (Wildman–Crippen MR) is 66.7 cm³/mol. The fourth-order valence-corrected chi connectivity index (χ4v) is 1.86. The number of aromatic nitrogens is 2. The van der Waals surface area contributed by atoms with Crippen molar-refractivity contribution < 1.29 is 19.0 Å². The van der Waals surface area contributed by atoms with Gasteiger partial charge in [0.25, 0.3) is 0 Å². The lowest BCUT2D eigenvalue weighted by Crippen LogP contribution is -2.01. The van der Waals surface area contributed by atoms with E-state index in [0.29, 0.717) is 17.9 Å². The molecule has 0 aliphatic heterocycles. The van der Waals surface area contributed by atoms with Crippen LogP contribution in [0.5, 0.6) is 5.75 Å². The van der Waals surface area contributed by atoms with Crippen LogP contribution in [-0.4, -0.2) is 27.5 Å². The summed E-state index contributed by atoms with van der Waals surface area (Å²) < 4.78 is 20.3. The molecule has 19 heavy (non-hydrogen) atoms. The van der Waals surface area contributed by atoms with Gasteiger partial charge in [0.2, 0.25) is 0 Å². The average Bonchev–Trinajstić information content (AvgIpc) is 2.74. The molecular formula is C13H13FN2O3. The fraction of sp³-hybridized carbons (Fsp3) is 0.231. The molecule has 2 rings (SSSR count). The van der Waals surface area contributed by atoms with Gasteiger partial charge < -0.3 is 9.84 Å². The van der Waals surface area contributed by atoms with E-state index in [4.69, 9.17) is 9.84 Å². The summed E-state index contributed by atoms with van der Waals surface area (Å²) in [5.41, 5.74) is 0.832. The molecule has 0 radical (unpaired) electrons. The zero-order valence-electron chi connectivity index (χ0n) is 10.6. The zero-order chi connectivity index (χ0) is 14.0. The van der Waals surface area contributed by atoms with Crippen LogP contribution in [0.15, 0.2) is 24.4 Å². The molecule has 0 aliphatic carbocycles. The molecule has 5 nitrogen and oxygen atoms in total. The first-order valence-corrected chi connectivity index (χ1v) is 5.72. The third-order valence-corrected chi connectivity index (χ3v) is 2.67. The second-order valence-electron chi connectivity index (χ2n) is 3.91. The van der Waals surface area contributed by atoms with E-state index >= 15 is 0 Å². The highest BCUT2D eigenvalue weighted by molar-refractivity contribution is 5.94. The number of nitrogens with zero attached hydrogens (tertiary/aromatic N) is 2. The van der Waals surface area contributed by atoms with Gasteiger partial charge in [-0.25, -0.2) is 9.18 Å². The number of halogens is 1. The molecule has 100 valence electrons. The zero-order valence-corrected chi connectivity index (χ0v) is 10.6. The summed E-state index contributed by atoms with van der Waals surface area (Å²) in [6, 6.07) is 4.33. The Labute approximate surface area is 109 Å². The molecule has 0 unspecified atom stereocenters. The maximum absolute atomic E-state index is 13.8. The van der Waals surface area contributed by atoms with Gasteiger partial charge in [-0.1, -0.05) is 0 Å². The Morgan fingerprint density at radius 3 is 2.84 bits per heavy atom. The van der Waals surface area contributed by atoms with Gasteiger partial charge in [-0.15, -0.1) is 0 Å². The summed E-state index contributed by atoms with van der Waals surface area (Å²) in [5, 5.41) is 13.0. The molecule has 1 N–H and O–H groups in total. The smallest absolute Gasteiger partial charge is 0.339 e. The van der Waals surface area contributed by atoms with Crippen molar-refractivity contribution in [3.05, 3.63) is 35.8 Å². The van der Waals surface area contributed by atoms with Crippen LogP contribution in [0.25, 0.3) is 11.3 Å². The number of rotatable bonds is 4. The van der Waals surface area contributed by atoms with Crippen LogP contribution in [0.3, 0.4) is 0 Å². The molecule has 1 heterocycles. The maximum Gasteiger partial charge on any atom is 0.339 e. The Morgan fingerprint density at radius 1 is 1.53 bits per heavy atom. The number of aromatic carboxylic acids is 1. The first-order valence-electron chi connectivity index (χ1n) is 5.72. The number of benzene rings is 1. The van der Waals surface area contributed by atoms with E-state index in [9.17, 15) is 9.18 Å². The van der Waals surface area contributed by atoms with Crippen molar-refractivity contribution in [1.29, 1.82) is 0 Å². The van der Waals surface area contributed by atoms with Crippen LogP contribution < -0.4 is 4.74 Å². The van der Waals surface area contributed by atoms with Crippen molar-refractivity contribution in [3.8, 4) is 17.0 Å². The molecule has 0 saturated carbocycles. The lowest BCUT2D eigenvalue weighted by Gasteiger charge is -2.08. The second kappa shape index (κ2) is 5.09. The quantitative estimate of drug-likeness (QED) is 0.920.